The molecule has 1 fully saturated rings. The molecule has 110 valence electrons. The third-order valence-corrected chi connectivity index (χ3v) is 3.54. The summed E-state index contributed by atoms with van der Waals surface area (Å²) in [6.07, 6.45) is 2.36. The number of carbonyl (C=O) groups excluding carboxylic acids is 1. The van der Waals surface area contributed by atoms with Gasteiger partial charge in [0.2, 0.25) is 0 Å². The van der Waals surface area contributed by atoms with Crippen molar-refractivity contribution in [3.05, 3.63) is 0 Å². The number of rotatable bonds is 7. The summed E-state index contributed by atoms with van der Waals surface area (Å²) in [5.74, 6) is -0.141. The number of nitrogens with zero attached hydrogens (tertiary/aromatic N) is 1. The van der Waals surface area contributed by atoms with Crippen molar-refractivity contribution in [2.45, 2.75) is 59.0 Å². The van der Waals surface area contributed by atoms with E-state index in [2.05, 4.69) is 5.32 Å². The summed E-state index contributed by atoms with van der Waals surface area (Å²) in [6, 6.07) is -0.314. The van der Waals surface area contributed by atoms with E-state index in [9.17, 15) is 9.59 Å². The molecule has 1 atom stereocenters. The van der Waals surface area contributed by atoms with Crippen LogP contribution in [0.5, 0.6) is 0 Å². The van der Waals surface area contributed by atoms with Gasteiger partial charge in [-0.1, -0.05) is 13.8 Å². The molecule has 5 heteroatoms. The highest BCUT2D eigenvalue weighted by molar-refractivity contribution is 5.76. The Morgan fingerprint density at radius 1 is 1.26 bits per heavy atom. The minimum Gasteiger partial charge on any atom is -0.481 e. The first-order valence-electron chi connectivity index (χ1n) is 7.10. The van der Waals surface area contributed by atoms with E-state index in [1.165, 1.54) is 12.8 Å². The van der Waals surface area contributed by atoms with E-state index < -0.39 is 5.97 Å². The van der Waals surface area contributed by atoms with E-state index in [1.54, 1.807) is 0 Å². The quantitative estimate of drug-likeness (QED) is 0.746. The van der Waals surface area contributed by atoms with Crippen LogP contribution in [0.3, 0.4) is 0 Å². The maximum atomic E-state index is 12.3. The number of amides is 2. The minimum absolute atomic E-state index is 0.0290. The summed E-state index contributed by atoms with van der Waals surface area (Å²) >= 11 is 0. The van der Waals surface area contributed by atoms with Gasteiger partial charge in [0.15, 0.2) is 0 Å². The van der Waals surface area contributed by atoms with Gasteiger partial charge in [0.25, 0.3) is 0 Å². The summed E-state index contributed by atoms with van der Waals surface area (Å²) in [5, 5.41) is 11.8. The monoisotopic (exact) mass is 270 g/mol. The Morgan fingerprint density at radius 3 is 2.21 bits per heavy atom. The van der Waals surface area contributed by atoms with Crippen molar-refractivity contribution in [3.63, 3.8) is 0 Å². The largest absolute Gasteiger partial charge is 0.481 e. The lowest BCUT2D eigenvalue weighted by Gasteiger charge is -2.30. The van der Waals surface area contributed by atoms with Gasteiger partial charge in [-0.3, -0.25) is 4.79 Å². The lowest BCUT2D eigenvalue weighted by atomic mass is 10.0. The first-order valence-corrected chi connectivity index (χ1v) is 7.10. The van der Waals surface area contributed by atoms with Crippen LogP contribution in [0.2, 0.25) is 0 Å². The van der Waals surface area contributed by atoms with E-state index in [-0.39, 0.29) is 30.5 Å². The van der Waals surface area contributed by atoms with Gasteiger partial charge in [-0.05, 0) is 38.5 Å². The van der Waals surface area contributed by atoms with Crippen LogP contribution in [0.15, 0.2) is 0 Å². The number of nitrogens with one attached hydrogen (secondary N) is 1. The second kappa shape index (κ2) is 6.78. The molecule has 5 nitrogen and oxygen atoms in total. The van der Waals surface area contributed by atoms with Crippen LogP contribution in [0, 0.1) is 11.8 Å². The number of carboxylic acids is 1. The first-order chi connectivity index (χ1) is 8.81. The molecule has 0 radical (unpaired) electrons. The zero-order chi connectivity index (χ0) is 14.6. The Labute approximate surface area is 115 Å². The Balaban J connectivity index is 2.58. The highest BCUT2D eigenvalue weighted by atomic mass is 16.4. The summed E-state index contributed by atoms with van der Waals surface area (Å²) in [7, 11) is 0. The van der Waals surface area contributed by atoms with Crippen molar-refractivity contribution in [1.82, 2.24) is 10.2 Å². The second-order valence-electron chi connectivity index (χ2n) is 6.09. The number of urea groups is 1. The van der Waals surface area contributed by atoms with Crippen LogP contribution in [-0.4, -0.2) is 40.6 Å². The molecule has 0 saturated heterocycles. The fourth-order valence-corrected chi connectivity index (χ4v) is 1.99. The van der Waals surface area contributed by atoms with Gasteiger partial charge in [0.05, 0.1) is 6.42 Å². The smallest absolute Gasteiger partial charge is 0.317 e. The van der Waals surface area contributed by atoms with Gasteiger partial charge in [0.1, 0.15) is 0 Å². The fraction of sp³-hybridized carbons (Fsp3) is 0.857. The third kappa shape index (κ3) is 5.49. The molecule has 0 aromatic rings. The zero-order valence-corrected chi connectivity index (χ0v) is 12.3. The Morgan fingerprint density at radius 2 is 1.84 bits per heavy atom. The minimum atomic E-state index is -0.878. The van der Waals surface area contributed by atoms with Crippen molar-refractivity contribution in [2.24, 2.45) is 11.8 Å². The molecule has 2 N–H and O–H groups in total. The normalized spacial score (nSPS) is 16.5. The third-order valence-electron chi connectivity index (χ3n) is 3.54. The number of carbonyl (C=O) groups is 2. The number of hydrogen-bond donors (Lipinski definition) is 2. The Bertz CT molecular complexity index is 325. The van der Waals surface area contributed by atoms with E-state index in [0.29, 0.717) is 5.92 Å². The number of carboxylic acid groups (broad SMARTS) is 1. The summed E-state index contributed by atoms with van der Waals surface area (Å²) in [4.78, 5) is 24.9. The number of aliphatic carboxylic acids is 1. The first kappa shape index (κ1) is 15.8. The lowest BCUT2D eigenvalue weighted by molar-refractivity contribution is -0.137. The van der Waals surface area contributed by atoms with Gasteiger partial charge >= 0.3 is 12.0 Å². The van der Waals surface area contributed by atoms with Gasteiger partial charge in [0, 0.05) is 18.6 Å². The molecule has 0 bridgehead atoms. The molecule has 0 spiro atoms. The van der Waals surface area contributed by atoms with E-state index in [1.807, 2.05) is 32.6 Å². The van der Waals surface area contributed by atoms with Crippen molar-refractivity contribution < 1.29 is 14.7 Å². The van der Waals surface area contributed by atoms with Crippen molar-refractivity contribution in [2.75, 3.05) is 6.54 Å². The van der Waals surface area contributed by atoms with Crippen LogP contribution in [0.1, 0.15) is 47.0 Å². The van der Waals surface area contributed by atoms with E-state index in [0.717, 1.165) is 6.54 Å². The standard InChI is InChI=1S/C14H26N2O3/c1-9(2)12(7-13(17)18)15-14(19)16(10(3)4)8-11-5-6-11/h9-12H,5-8H2,1-4H3,(H,15,19)(H,17,18). The molecular weight excluding hydrogens is 244 g/mol. The van der Waals surface area contributed by atoms with Gasteiger partial charge in [-0.25, -0.2) is 4.79 Å². The van der Waals surface area contributed by atoms with Crippen LogP contribution in [0.25, 0.3) is 0 Å². The summed E-state index contributed by atoms with van der Waals surface area (Å²) in [6.45, 7) is 8.61. The maximum Gasteiger partial charge on any atom is 0.317 e. The predicted octanol–water partition coefficient (Wildman–Crippen LogP) is 2.32. The molecule has 0 heterocycles. The second-order valence-corrected chi connectivity index (χ2v) is 6.09. The molecule has 1 saturated carbocycles. The van der Waals surface area contributed by atoms with Crippen LogP contribution in [0.4, 0.5) is 4.79 Å². The molecule has 0 aromatic heterocycles. The van der Waals surface area contributed by atoms with Crippen LogP contribution >= 0.6 is 0 Å². The van der Waals surface area contributed by atoms with Crippen molar-refractivity contribution in [3.8, 4) is 0 Å². The SMILES string of the molecule is CC(C)C(CC(=O)O)NC(=O)N(CC1CC1)C(C)C. The lowest BCUT2D eigenvalue weighted by Crippen LogP contribution is -2.50. The molecule has 2 amide bonds. The van der Waals surface area contributed by atoms with Gasteiger partial charge < -0.3 is 15.3 Å². The summed E-state index contributed by atoms with van der Waals surface area (Å²) in [5.41, 5.74) is 0. The van der Waals surface area contributed by atoms with Crippen molar-refractivity contribution >= 4 is 12.0 Å². The Kier molecular flexibility index (Phi) is 5.63. The molecule has 1 rings (SSSR count). The van der Waals surface area contributed by atoms with Crippen LogP contribution < -0.4 is 5.32 Å². The highest BCUT2D eigenvalue weighted by Gasteiger charge is 2.29. The van der Waals surface area contributed by atoms with Crippen molar-refractivity contribution in [1.29, 1.82) is 0 Å². The van der Waals surface area contributed by atoms with E-state index >= 15 is 0 Å². The highest BCUT2D eigenvalue weighted by Crippen LogP contribution is 2.30. The molecule has 0 aliphatic heterocycles. The average molecular weight is 270 g/mol. The summed E-state index contributed by atoms with van der Waals surface area (Å²) < 4.78 is 0. The van der Waals surface area contributed by atoms with E-state index in [4.69, 9.17) is 5.11 Å². The molecule has 0 aromatic carbocycles. The Hall–Kier alpha value is -1.26. The number of hydrogen-bond acceptors (Lipinski definition) is 2. The van der Waals surface area contributed by atoms with Gasteiger partial charge in [-0.15, -0.1) is 0 Å². The molecule has 1 aliphatic carbocycles. The average Bonchev–Trinajstić information content (AvgIpc) is 3.07. The zero-order valence-electron chi connectivity index (χ0n) is 12.3. The molecule has 1 aliphatic rings. The fourth-order valence-electron chi connectivity index (χ4n) is 1.99. The van der Waals surface area contributed by atoms with Gasteiger partial charge in [-0.2, -0.15) is 0 Å². The van der Waals surface area contributed by atoms with Crippen LogP contribution in [-0.2, 0) is 4.79 Å². The molecule has 1 unspecified atom stereocenters. The molecular formula is C14H26N2O3. The topological polar surface area (TPSA) is 69.6 Å². The maximum absolute atomic E-state index is 12.3. The molecule has 19 heavy (non-hydrogen) atoms. The predicted molar refractivity (Wildman–Crippen MR) is 74.0 cm³/mol.